The van der Waals surface area contributed by atoms with Gasteiger partial charge in [0.2, 0.25) is 10.0 Å². The van der Waals surface area contributed by atoms with Gasteiger partial charge in [-0.15, -0.1) is 6.58 Å². The molecule has 0 saturated carbocycles. The Labute approximate surface area is 192 Å². The van der Waals surface area contributed by atoms with Crippen molar-refractivity contribution in [1.29, 1.82) is 0 Å². The highest BCUT2D eigenvalue weighted by Crippen LogP contribution is 2.42. The number of carboxylic acids is 1. The zero-order chi connectivity index (χ0) is 23.6. The average molecular weight is 467 g/mol. The van der Waals surface area contributed by atoms with Gasteiger partial charge in [-0.05, 0) is 53.4 Å². The first-order valence-corrected chi connectivity index (χ1v) is 12.1. The van der Waals surface area contributed by atoms with Crippen molar-refractivity contribution in [3.05, 3.63) is 84.9 Å². The highest BCUT2D eigenvalue weighted by Gasteiger charge is 2.44. The van der Waals surface area contributed by atoms with E-state index in [1.807, 2.05) is 42.5 Å². The van der Waals surface area contributed by atoms with Crippen molar-refractivity contribution in [2.45, 2.75) is 36.0 Å². The van der Waals surface area contributed by atoms with E-state index in [2.05, 4.69) is 11.3 Å². The molecule has 0 aromatic heterocycles. The monoisotopic (exact) mass is 466 g/mol. The van der Waals surface area contributed by atoms with Crippen LogP contribution >= 0.6 is 0 Å². The van der Waals surface area contributed by atoms with Crippen LogP contribution in [0.3, 0.4) is 0 Å². The summed E-state index contributed by atoms with van der Waals surface area (Å²) in [4.78, 5) is 12.2. The first kappa shape index (κ1) is 23.0. The van der Waals surface area contributed by atoms with Crippen molar-refractivity contribution in [2.75, 3.05) is 5.73 Å². The molecule has 1 heterocycles. The topological polar surface area (TPSA) is 119 Å². The standard InChI is InChI=1S/C25H26N2O5S/c1-2-6-22-21(15-23(32-22)20-10-5-8-16-7-3-4-9-19(16)20)24(25(28)29)27-33(30,31)18-13-11-17(26)12-14-18/h2-5,7-14,21-24,27H,1,6,15,26H2,(H,28,29)/t21?,22-,23+,24-/m0/s1. The number of nitrogens with one attached hydrogen (secondary N) is 1. The Balaban J connectivity index is 1.66. The molecule has 33 heavy (non-hydrogen) atoms. The molecule has 3 aromatic carbocycles. The van der Waals surface area contributed by atoms with Crippen molar-refractivity contribution < 1.29 is 23.1 Å². The fraction of sp³-hybridized carbons (Fsp3) is 0.240. The molecule has 172 valence electrons. The first-order chi connectivity index (χ1) is 15.8. The van der Waals surface area contributed by atoms with Gasteiger partial charge < -0.3 is 15.6 Å². The number of fused-ring (bicyclic) bond motifs is 1. The molecule has 0 amide bonds. The van der Waals surface area contributed by atoms with Crippen LogP contribution in [-0.2, 0) is 19.6 Å². The van der Waals surface area contributed by atoms with Crippen LogP contribution in [0.1, 0.15) is 24.5 Å². The van der Waals surface area contributed by atoms with Crippen LogP contribution in [0.15, 0.2) is 84.3 Å². The third kappa shape index (κ3) is 4.78. The third-order valence-electron chi connectivity index (χ3n) is 6.04. The van der Waals surface area contributed by atoms with E-state index in [9.17, 15) is 18.3 Å². The van der Waals surface area contributed by atoms with Gasteiger partial charge in [0, 0.05) is 11.6 Å². The Morgan fingerprint density at radius 3 is 2.55 bits per heavy atom. The summed E-state index contributed by atoms with van der Waals surface area (Å²) < 4.78 is 34.5. The van der Waals surface area contributed by atoms with Crippen LogP contribution in [0.5, 0.6) is 0 Å². The Hall–Kier alpha value is -3.20. The fourth-order valence-corrected chi connectivity index (χ4v) is 5.69. The van der Waals surface area contributed by atoms with Crippen molar-refractivity contribution in [3.63, 3.8) is 0 Å². The molecular formula is C25H26N2O5S. The molecule has 1 unspecified atom stereocenters. The van der Waals surface area contributed by atoms with Gasteiger partial charge in [0.1, 0.15) is 6.04 Å². The van der Waals surface area contributed by atoms with Crippen molar-refractivity contribution in [3.8, 4) is 0 Å². The minimum atomic E-state index is -4.08. The summed E-state index contributed by atoms with van der Waals surface area (Å²) in [5.74, 6) is -1.84. The summed E-state index contributed by atoms with van der Waals surface area (Å²) in [6, 6.07) is 18.1. The molecule has 1 fully saturated rings. The number of nitrogen functional groups attached to an aromatic ring is 1. The maximum Gasteiger partial charge on any atom is 0.322 e. The molecule has 4 N–H and O–H groups in total. The Morgan fingerprint density at radius 1 is 1.15 bits per heavy atom. The highest BCUT2D eigenvalue weighted by molar-refractivity contribution is 7.89. The quantitative estimate of drug-likeness (QED) is 0.342. The number of hydrogen-bond donors (Lipinski definition) is 3. The summed E-state index contributed by atoms with van der Waals surface area (Å²) >= 11 is 0. The lowest BCUT2D eigenvalue weighted by molar-refractivity contribution is -0.141. The number of rotatable bonds is 8. The SMILES string of the molecule is C=CC[C@@H]1O[C@@H](c2cccc3ccccc23)CC1[C@H](NS(=O)(=O)c1ccc(N)cc1)C(=O)O. The number of sulfonamides is 1. The number of carboxylic acid groups (broad SMARTS) is 1. The minimum Gasteiger partial charge on any atom is -0.480 e. The third-order valence-corrected chi connectivity index (χ3v) is 7.50. The van der Waals surface area contributed by atoms with Crippen molar-refractivity contribution in [2.24, 2.45) is 5.92 Å². The molecule has 0 bridgehead atoms. The summed E-state index contributed by atoms with van der Waals surface area (Å²) in [5.41, 5.74) is 7.01. The van der Waals surface area contributed by atoms with Crippen LogP contribution in [0, 0.1) is 5.92 Å². The zero-order valence-corrected chi connectivity index (χ0v) is 18.7. The maximum absolute atomic E-state index is 12.9. The van der Waals surface area contributed by atoms with E-state index in [0.717, 1.165) is 16.3 Å². The van der Waals surface area contributed by atoms with E-state index in [1.165, 1.54) is 24.3 Å². The van der Waals surface area contributed by atoms with Gasteiger partial charge in [-0.2, -0.15) is 4.72 Å². The Morgan fingerprint density at radius 2 is 1.85 bits per heavy atom. The van der Waals surface area contributed by atoms with Crippen LogP contribution in [0.25, 0.3) is 10.8 Å². The minimum absolute atomic E-state index is 0.0484. The van der Waals surface area contributed by atoms with Gasteiger partial charge >= 0.3 is 5.97 Å². The van der Waals surface area contributed by atoms with E-state index in [0.29, 0.717) is 18.5 Å². The lowest BCUT2D eigenvalue weighted by Gasteiger charge is -2.24. The summed E-state index contributed by atoms with van der Waals surface area (Å²) in [5, 5.41) is 12.1. The number of ether oxygens (including phenoxy) is 1. The summed E-state index contributed by atoms with van der Waals surface area (Å²) in [6.07, 6.45) is 1.56. The lowest BCUT2D eigenvalue weighted by atomic mass is 9.88. The van der Waals surface area contributed by atoms with Crippen molar-refractivity contribution in [1.82, 2.24) is 4.72 Å². The maximum atomic E-state index is 12.9. The molecule has 1 saturated heterocycles. The summed E-state index contributed by atoms with van der Waals surface area (Å²) in [7, 11) is -4.08. The summed E-state index contributed by atoms with van der Waals surface area (Å²) in [6.45, 7) is 3.76. The normalized spacial score (nSPS) is 21.6. The van der Waals surface area contributed by atoms with Gasteiger partial charge in [0.25, 0.3) is 0 Å². The van der Waals surface area contributed by atoms with Gasteiger partial charge in [0.15, 0.2) is 0 Å². The molecule has 0 aliphatic carbocycles. The van der Waals surface area contributed by atoms with Gasteiger partial charge in [0.05, 0.1) is 17.1 Å². The van der Waals surface area contributed by atoms with Crippen molar-refractivity contribution >= 4 is 32.5 Å². The highest BCUT2D eigenvalue weighted by atomic mass is 32.2. The first-order valence-electron chi connectivity index (χ1n) is 10.6. The molecular weight excluding hydrogens is 440 g/mol. The Kier molecular flexibility index (Phi) is 6.51. The predicted octanol–water partition coefficient (Wildman–Crippen LogP) is 3.88. The molecule has 0 radical (unpaired) electrons. The zero-order valence-electron chi connectivity index (χ0n) is 17.9. The second-order valence-electron chi connectivity index (χ2n) is 8.16. The molecule has 7 nitrogen and oxygen atoms in total. The molecule has 0 spiro atoms. The molecule has 4 atom stereocenters. The van der Waals surface area contributed by atoms with Gasteiger partial charge in [-0.25, -0.2) is 8.42 Å². The molecule has 3 aromatic rings. The van der Waals surface area contributed by atoms with E-state index in [-0.39, 0.29) is 11.0 Å². The second-order valence-corrected chi connectivity index (χ2v) is 9.88. The van der Waals surface area contributed by atoms with Crippen LogP contribution in [0.2, 0.25) is 0 Å². The van der Waals surface area contributed by atoms with Gasteiger partial charge in [-0.3, -0.25) is 4.79 Å². The fourth-order valence-electron chi connectivity index (χ4n) is 4.45. The molecule has 8 heteroatoms. The number of aliphatic carboxylic acids is 1. The molecule has 1 aliphatic heterocycles. The molecule has 4 rings (SSSR count). The van der Waals surface area contributed by atoms with Crippen LogP contribution in [0.4, 0.5) is 5.69 Å². The number of hydrogen-bond acceptors (Lipinski definition) is 5. The van der Waals surface area contributed by atoms with E-state index in [4.69, 9.17) is 10.5 Å². The largest absolute Gasteiger partial charge is 0.480 e. The molecule has 1 aliphatic rings. The van der Waals surface area contributed by atoms with E-state index >= 15 is 0 Å². The lowest BCUT2D eigenvalue weighted by Crippen LogP contribution is -2.48. The smallest absolute Gasteiger partial charge is 0.322 e. The van der Waals surface area contributed by atoms with Crippen LogP contribution < -0.4 is 10.5 Å². The van der Waals surface area contributed by atoms with Crippen LogP contribution in [-0.4, -0.2) is 31.6 Å². The number of carbonyl (C=O) groups is 1. The number of nitrogens with two attached hydrogens (primary N) is 1. The number of anilines is 1. The van der Waals surface area contributed by atoms with E-state index < -0.39 is 34.1 Å². The van der Waals surface area contributed by atoms with Gasteiger partial charge in [-0.1, -0.05) is 48.5 Å². The second kappa shape index (κ2) is 9.35. The number of benzene rings is 3. The van der Waals surface area contributed by atoms with E-state index in [1.54, 1.807) is 6.08 Å². The average Bonchev–Trinajstić information content (AvgIpc) is 3.21. The predicted molar refractivity (Wildman–Crippen MR) is 127 cm³/mol. The Bertz CT molecular complexity index is 1270.